The van der Waals surface area contributed by atoms with Gasteiger partial charge in [0.15, 0.2) is 0 Å². The maximum Gasteiger partial charge on any atom is 0.326 e. The molecule has 0 aromatic carbocycles. The molecule has 0 heterocycles. The van der Waals surface area contributed by atoms with Gasteiger partial charge in [0.05, 0.1) is 0 Å². The Balaban J connectivity index is 4.45. The summed E-state index contributed by atoms with van der Waals surface area (Å²) in [5.74, 6) is -0.647. The van der Waals surface area contributed by atoms with Gasteiger partial charge in [-0.15, -0.1) is 0 Å². The molecule has 17 heavy (non-hydrogen) atoms. The summed E-state index contributed by atoms with van der Waals surface area (Å²) in [7, 11) is 1.69. The zero-order valence-corrected chi connectivity index (χ0v) is 11.4. The highest BCUT2D eigenvalue weighted by Crippen LogP contribution is 2.08. The van der Waals surface area contributed by atoms with E-state index >= 15 is 0 Å². The minimum Gasteiger partial charge on any atom is -0.480 e. The molecule has 0 saturated heterocycles. The maximum atomic E-state index is 11.8. The molecule has 5 nitrogen and oxygen atoms in total. The van der Waals surface area contributed by atoms with Crippen molar-refractivity contribution < 1.29 is 14.7 Å². The van der Waals surface area contributed by atoms with Crippen LogP contribution in [0, 0.1) is 5.92 Å². The zero-order valence-electron chi connectivity index (χ0n) is 11.4. The van der Waals surface area contributed by atoms with E-state index < -0.39 is 12.0 Å². The molecule has 0 aromatic heterocycles. The van der Waals surface area contributed by atoms with Crippen molar-refractivity contribution in [3.8, 4) is 0 Å². The molecule has 0 aliphatic heterocycles. The fraction of sp³-hybridized carbons (Fsp3) is 0.833. The topological polar surface area (TPSA) is 69.6 Å². The van der Waals surface area contributed by atoms with Gasteiger partial charge in [0.1, 0.15) is 6.04 Å². The first-order valence-corrected chi connectivity index (χ1v) is 6.07. The standard InChI is InChI=1S/C12H24N2O3/c1-6-7-10(11(15)16)13-12(17)14(5)9(4)8(2)3/h8-10H,6-7H2,1-5H3,(H,13,17)(H,15,16)/t9?,10-/m0/s1. The van der Waals surface area contributed by atoms with Gasteiger partial charge < -0.3 is 15.3 Å². The van der Waals surface area contributed by atoms with E-state index in [-0.39, 0.29) is 12.1 Å². The molecule has 5 heteroatoms. The third-order valence-electron chi connectivity index (χ3n) is 3.07. The minimum absolute atomic E-state index is 0.0751. The van der Waals surface area contributed by atoms with E-state index in [1.54, 1.807) is 11.9 Å². The monoisotopic (exact) mass is 244 g/mol. The van der Waals surface area contributed by atoms with Gasteiger partial charge in [0, 0.05) is 13.1 Å². The number of carboxylic acids is 1. The fourth-order valence-corrected chi connectivity index (χ4v) is 1.43. The first-order valence-electron chi connectivity index (χ1n) is 6.07. The summed E-state index contributed by atoms with van der Waals surface area (Å²) in [4.78, 5) is 24.3. The Bertz CT molecular complexity index is 266. The number of nitrogens with one attached hydrogen (secondary N) is 1. The van der Waals surface area contributed by atoms with E-state index in [4.69, 9.17) is 5.11 Å². The number of amides is 2. The molecule has 0 aromatic rings. The molecule has 0 spiro atoms. The van der Waals surface area contributed by atoms with Gasteiger partial charge >= 0.3 is 12.0 Å². The highest BCUT2D eigenvalue weighted by molar-refractivity contribution is 5.82. The average Bonchev–Trinajstić information content (AvgIpc) is 2.25. The van der Waals surface area contributed by atoms with E-state index in [1.807, 2.05) is 27.7 Å². The van der Waals surface area contributed by atoms with Crippen molar-refractivity contribution in [2.45, 2.75) is 52.6 Å². The van der Waals surface area contributed by atoms with Crippen LogP contribution in [0.15, 0.2) is 0 Å². The average molecular weight is 244 g/mol. The summed E-state index contributed by atoms with van der Waals surface area (Å²) < 4.78 is 0. The number of urea groups is 1. The van der Waals surface area contributed by atoms with Gasteiger partial charge in [0.2, 0.25) is 0 Å². The zero-order chi connectivity index (χ0) is 13.6. The van der Waals surface area contributed by atoms with E-state index in [0.29, 0.717) is 12.3 Å². The van der Waals surface area contributed by atoms with E-state index in [0.717, 1.165) is 6.42 Å². The molecule has 0 fully saturated rings. The van der Waals surface area contributed by atoms with Crippen LogP contribution in [0.3, 0.4) is 0 Å². The lowest BCUT2D eigenvalue weighted by Gasteiger charge is -2.29. The van der Waals surface area contributed by atoms with Crippen LogP contribution in [0.5, 0.6) is 0 Å². The molecule has 0 bridgehead atoms. The summed E-state index contributed by atoms with van der Waals surface area (Å²) in [6, 6.07) is -1.05. The lowest BCUT2D eigenvalue weighted by Crippen LogP contribution is -2.50. The number of hydrogen-bond donors (Lipinski definition) is 2. The number of carboxylic acid groups (broad SMARTS) is 1. The molecule has 0 rings (SSSR count). The normalized spacial score (nSPS) is 14.2. The Morgan fingerprint density at radius 1 is 1.29 bits per heavy atom. The van der Waals surface area contributed by atoms with Crippen LogP contribution < -0.4 is 5.32 Å². The fourth-order valence-electron chi connectivity index (χ4n) is 1.43. The Morgan fingerprint density at radius 2 is 1.82 bits per heavy atom. The second-order valence-electron chi connectivity index (χ2n) is 4.72. The molecule has 0 saturated carbocycles. The van der Waals surface area contributed by atoms with E-state index in [1.165, 1.54) is 0 Å². The molecule has 1 unspecified atom stereocenters. The molecule has 0 aliphatic carbocycles. The number of aliphatic carboxylic acids is 1. The minimum atomic E-state index is -0.981. The number of hydrogen-bond acceptors (Lipinski definition) is 2. The molecular formula is C12H24N2O3. The van der Waals surface area contributed by atoms with Crippen LogP contribution >= 0.6 is 0 Å². The first kappa shape index (κ1) is 15.7. The van der Waals surface area contributed by atoms with Crippen LogP contribution in [-0.2, 0) is 4.79 Å². The largest absolute Gasteiger partial charge is 0.480 e. The van der Waals surface area contributed by atoms with Gasteiger partial charge in [0.25, 0.3) is 0 Å². The smallest absolute Gasteiger partial charge is 0.326 e. The number of carbonyl (C=O) groups excluding carboxylic acids is 1. The third-order valence-corrected chi connectivity index (χ3v) is 3.07. The summed E-state index contributed by atoms with van der Waals surface area (Å²) in [5.41, 5.74) is 0. The lowest BCUT2D eigenvalue weighted by atomic mass is 10.1. The van der Waals surface area contributed by atoms with Crippen molar-refractivity contribution in [1.29, 1.82) is 0 Å². The summed E-state index contributed by atoms with van der Waals surface area (Å²) >= 11 is 0. The predicted molar refractivity (Wildman–Crippen MR) is 66.9 cm³/mol. The van der Waals surface area contributed by atoms with Gasteiger partial charge in [-0.1, -0.05) is 27.2 Å². The molecule has 100 valence electrons. The second kappa shape index (κ2) is 7.14. The predicted octanol–water partition coefficient (Wildman–Crippen LogP) is 1.93. The van der Waals surface area contributed by atoms with Crippen LogP contribution in [0.4, 0.5) is 4.79 Å². The highest BCUT2D eigenvalue weighted by atomic mass is 16.4. The number of nitrogens with zero attached hydrogens (tertiary/aromatic N) is 1. The molecule has 2 amide bonds. The summed E-state index contributed by atoms with van der Waals surface area (Å²) in [6.07, 6.45) is 1.17. The molecule has 0 aliphatic rings. The SMILES string of the molecule is CCC[C@H](NC(=O)N(C)C(C)C(C)C)C(=O)O. The lowest BCUT2D eigenvalue weighted by molar-refractivity contribution is -0.139. The van der Waals surface area contributed by atoms with Gasteiger partial charge in [-0.25, -0.2) is 9.59 Å². The molecule has 2 atom stereocenters. The van der Waals surface area contributed by atoms with Crippen molar-refractivity contribution >= 4 is 12.0 Å². The van der Waals surface area contributed by atoms with Gasteiger partial charge in [-0.05, 0) is 19.3 Å². The summed E-state index contributed by atoms with van der Waals surface area (Å²) in [6.45, 7) is 7.88. The van der Waals surface area contributed by atoms with Crippen LogP contribution in [0.2, 0.25) is 0 Å². The number of rotatable bonds is 6. The van der Waals surface area contributed by atoms with Crippen molar-refractivity contribution in [2.24, 2.45) is 5.92 Å². The van der Waals surface area contributed by atoms with Crippen molar-refractivity contribution in [2.75, 3.05) is 7.05 Å². The van der Waals surface area contributed by atoms with Crippen LogP contribution in [0.25, 0.3) is 0 Å². The molecular weight excluding hydrogens is 220 g/mol. The molecule has 0 radical (unpaired) electrons. The van der Waals surface area contributed by atoms with Crippen molar-refractivity contribution in [3.63, 3.8) is 0 Å². The van der Waals surface area contributed by atoms with Gasteiger partial charge in [-0.3, -0.25) is 0 Å². The van der Waals surface area contributed by atoms with Crippen molar-refractivity contribution in [3.05, 3.63) is 0 Å². The van der Waals surface area contributed by atoms with Crippen molar-refractivity contribution in [1.82, 2.24) is 10.2 Å². The van der Waals surface area contributed by atoms with Crippen LogP contribution in [0.1, 0.15) is 40.5 Å². The van der Waals surface area contributed by atoms with Crippen LogP contribution in [-0.4, -0.2) is 41.1 Å². The second-order valence-corrected chi connectivity index (χ2v) is 4.72. The van der Waals surface area contributed by atoms with E-state index in [2.05, 4.69) is 5.32 Å². The van der Waals surface area contributed by atoms with E-state index in [9.17, 15) is 9.59 Å². The highest BCUT2D eigenvalue weighted by Gasteiger charge is 2.23. The third kappa shape index (κ3) is 5.06. The Hall–Kier alpha value is -1.26. The van der Waals surface area contributed by atoms with Gasteiger partial charge in [-0.2, -0.15) is 0 Å². The Morgan fingerprint density at radius 3 is 2.18 bits per heavy atom. The number of carbonyl (C=O) groups is 2. The quantitative estimate of drug-likeness (QED) is 0.750. The first-order chi connectivity index (χ1) is 7.81. The Kier molecular flexibility index (Phi) is 6.61. The maximum absolute atomic E-state index is 11.8. The molecule has 2 N–H and O–H groups in total. The summed E-state index contributed by atoms with van der Waals surface area (Å²) in [5, 5.41) is 11.5. The Labute approximate surface area is 103 Å².